The molecule has 1 saturated heterocycles. The van der Waals surface area contributed by atoms with Crippen LogP contribution in [0.3, 0.4) is 0 Å². The fourth-order valence-corrected chi connectivity index (χ4v) is 2.53. The largest absolute Gasteiger partial charge is 0.490 e. The number of ether oxygens (including phenoxy) is 2. The van der Waals surface area contributed by atoms with Crippen molar-refractivity contribution in [3.05, 3.63) is 23.5 Å². The lowest BCUT2D eigenvalue weighted by Gasteiger charge is -2.33. The smallest absolute Gasteiger partial charge is 0.433 e. The molecule has 0 aromatic carbocycles. The zero-order chi connectivity index (χ0) is 18.8. The summed E-state index contributed by atoms with van der Waals surface area (Å²) < 4.78 is 49.5. The van der Waals surface area contributed by atoms with Crippen molar-refractivity contribution in [3.63, 3.8) is 0 Å². The van der Waals surface area contributed by atoms with Crippen LogP contribution < -0.4 is 4.74 Å². The zero-order valence-electron chi connectivity index (χ0n) is 14.8. The standard InChI is InChI=1S/C17H23F3N2O3/c1-11-9-13(10-14(21-11)17(18,19)20)24-12-5-7-22(8-6-12)15(23)25-16(2,3)4/h9-10,12H,5-8H2,1-4H3. The van der Waals surface area contributed by atoms with Crippen molar-refractivity contribution in [3.8, 4) is 5.75 Å². The van der Waals surface area contributed by atoms with Gasteiger partial charge in [-0.1, -0.05) is 0 Å². The predicted octanol–water partition coefficient (Wildman–Crippen LogP) is 4.19. The summed E-state index contributed by atoms with van der Waals surface area (Å²) in [6, 6.07) is 2.39. The van der Waals surface area contributed by atoms with Crippen LogP contribution in [0.4, 0.5) is 18.0 Å². The molecule has 0 spiro atoms. The first-order valence-corrected chi connectivity index (χ1v) is 8.14. The van der Waals surface area contributed by atoms with Crippen molar-refractivity contribution < 1.29 is 27.4 Å². The van der Waals surface area contributed by atoms with E-state index in [0.717, 1.165) is 6.07 Å². The zero-order valence-corrected chi connectivity index (χ0v) is 14.8. The van der Waals surface area contributed by atoms with E-state index in [1.54, 1.807) is 25.7 Å². The van der Waals surface area contributed by atoms with Gasteiger partial charge in [-0.15, -0.1) is 0 Å². The number of hydrogen-bond acceptors (Lipinski definition) is 4. The van der Waals surface area contributed by atoms with Gasteiger partial charge in [0.1, 0.15) is 23.1 Å². The number of pyridine rings is 1. The first kappa shape index (κ1) is 19.3. The van der Waals surface area contributed by atoms with Crippen LogP contribution in [-0.2, 0) is 10.9 Å². The van der Waals surface area contributed by atoms with E-state index in [2.05, 4.69) is 4.98 Å². The summed E-state index contributed by atoms with van der Waals surface area (Å²) in [5.74, 6) is 0.149. The summed E-state index contributed by atoms with van der Waals surface area (Å²) in [4.78, 5) is 17.1. The van der Waals surface area contributed by atoms with Gasteiger partial charge in [0.25, 0.3) is 0 Å². The average Bonchev–Trinajstić information content (AvgIpc) is 2.44. The molecule has 1 fully saturated rings. The molecule has 0 atom stereocenters. The Morgan fingerprint density at radius 1 is 1.20 bits per heavy atom. The molecular weight excluding hydrogens is 337 g/mol. The minimum absolute atomic E-state index is 0.149. The Morgan fingerprint density at radius 2 is 1.80 bits per heavy atom. The highest BCUT2D eigenvalue weighted by molar-refractivity contribution is 5.68. The van der Waals surface area contributed by atoms with Crippen LogP contribution in [0.2, 0.25) is 0 Å². The van der Waals surface area contributed by atoms with Gasteiger partial charge < -0.3 is 14.4 Å². The number of nitrogens with zero attached hydrogens (tertiary/aromatic N) is 2. The molecule has 0 N–H and O–H groups in total. The molecule has 25 heavy (non-hydrogen) atoms. The molecule has 8 heteroatoms. The van der Waals surface area contributed by atoms with E-state index in [9.17, 15) is 18.0 Å². The number of amides is 1. The van der Waals surface area contributed by atoms with Gasteiger partial charge in [-0.3, -0.25) is 0 Å². The summed E-state index contributed by atoms with van der Waals surface area (Å²) in [6.07, 6.45) is -4.08. The van der Waals surface area contributed by atoms with Crippen LogP contribution in [0.15, 0.2) is 12.1 Å². The number of hydrogen-bond donors (Lipinski definition) is 0. The second-order valence-corrected chi connectivity index (χ2v) is 7.11. The molecule has 1 aromatic rings. The Bertz CT molecular complexity index is 619. The molecular formula is C17H23F3N2O3. The number of aromatic nitrogens is 1. The number of aryl methyl sites for hydroxylation is 1. The Kier molecular flexibility index (Phi) is 5.49. The predicted molar refractivity (Wildman–Crippen MR) is 85.4 cm³/mol. The van der Waals surface area contributed by atoms with Crippen LogP contribution in [0, 0.1) is 6.92 Å². The molecule has 2 rings (SSSR count). The molecule has 0 radical (unpaired) electrons. The summed E-state index contributed by atoms with van der Waals surface area (Å²) in [5.41, 5.74) is -1.28. The molecule has 1 aliphatic heterocycles. The van der Waals surface area contributed by atoms with Crippen molar-refractivity contribution in [1.29, 1.82) is 0 Å². The molecule has 140 valence electrons. The second kappa shape index (κ2) is 7.09. The fourth-order valence-electron chi connectivity index (χ4n) is 2.53. The van der Waals surface area contributed by atoms with Crippen molar-refractivity contribution in [1.82, 2.24) is 9.88 Å². The van der Waals surface area contributed by atoms with Crippen LogP contribution in [-0.4, -0.2) is 40.8 Å². The second-order valence-electron chi connectivity index (χ2n) is 7.11. The third kappa shape index (κ3) is 5.79. The molecule has 1 amide bonds. The topological polar surface area (TPSA) is 51.7 Å². The monoisotopic (exact) mass is 360 g/mol. The maximum atomic E-state index is 12.8. The van der Waals surface area contributed by atoms with Gasteiger partial charge in [-0.05, 0) is 27.7 Å². The van der Waals surface area contributed by atoms with Gasteiger partial charge in [-0.25, -0.2) is 9.78 Å². The van der Waals surface area contributed by atoms with E-state index in [4.69, 9.17) is 9.47 Å². The Balaban J connectivity index is 1.94. The summed E-state index contributed by atoms with van der Waals surface area (Å²) >= 11 is 0. The average molecular weight is 360 g/mol. The van der Waals surface area contributed by atoms with E-state index in [1.807, 2.05) is 0 Å². The number of carbonyl (C=O) groups is 1. The fraction of sp³-hybridized carbons (Fsp3) is 0.647. The first-order valence-electron chi connectivity index (χ1n) is 8.14. The van der Waals surface area contributed by atoms with E-state index in [0.29, 0.717) is 25.9 Å². The highest BCUT2D eigenvalue weighted by atomic mass is 19.4. The Hall–Kier alpha value is -1.99. The normalized spacial score (nSPS) is 16.7. The van der Waals surface area contributed by atoms with Gasteiger partial charge in [0, 0.05) is 43.8 Å². The molecule has 0 bridgehead atoms. The van der Waals surface area contributed by atoms with Gasteiger partial charge in [0.2, 0.25) is 0 Å². The van der Waals surface area contributed by atoms with Crippen LogP contribution >= 0.6 is 0 Å². The van der Waals surface area contributed by atoms with Crippen molar-refractivity contribution in [2.75, 3.05) is 13.1 Å². The van der Waals surface area contributed by atoms with Gasteiger partial charge in [0.05, 0.1) is 0 Å². The molecule has 0 unspecified atom stereocenters. The van der Waals surface area contributed by atoms with Gasteiger partial charge in [0.15, 0.2) is 0 Å². The van der Waals surface area contributed by atoms with Crippen molar-refractivity contribution in [2.45, 2.75) is 58.4 Å². The number of alkyl halides is 3. The number of piperidine rings is 1. The lowest BCUT2D eigenvalue weighted by molar-refractivity contribution is -0.141. The molecule has 2 heterocycles. The quantitative estimate of drug-likeness (QED) is 0.794. The van der Waals surface area contributed by atoms with Crippen molar-refractivity contribution >= 4 is 6.09 Å². The lowest BCUT2D eigenvalue weighted by atomic mass is 10.1. The summed E-state index contributed by atoms with van der Waals surface area (Å²) in [5, 5.41) is 0. The minimum Gasteiger partial charge on any atom is -0.490 e. The van der Waals surface area contributed by atoms with Crippen LogP contribution in [0.25, 0.3) is 0 Å². The maximum absolute atomic E-state index is 12.8. The highest BCUT2D eigenvalue weighted by Gasteiger charge is 2.34. The molecule has 0 aliphatic carbocycles. The van der Waals surface area contributed by atoms with Crippen LogP contribution in [0.5, 0.6) is 5.75 Å². The SMILES string of the molecule is Cc1cc(OC2CCN(C(=O)OC(C)(C)C)CC2)cc(C(F)(F)F)n1. The third-order valence-corrected chi connectivity index (χ3v) is 3.61. The molecule has 1 aliphatic rings. The lowest BCUT2D eigenvalue weighted by Crippen LogP contribution is -2.44. The summed E-state index contributed by atoms with van der Waals surface area (Å²) in [7, 11) is 0. The maximum Gasteiger partial charge on any atom is 0.433 e. The Morgan fingerprint density at radius 3 is 2.32 bits per heavy atom. The molecule has 1 aromatic heterocycles. The van der Waals surface area contributed by atoms with Gasteiger partial charge in [-0.2, -0.15) is 13.2 Å². The molecule has 0 saturated carbocycles. The summed E-state index contributed by atoms with van der Waals surface area (Å²) in [6.45, 7) is 7.76. The molecule has 5 nitrogen and oxygen atoms in total. The van der Waals surface area contributed by atoms with Gasteiger partial charge >= 0.3 is 12.3 Å². The number of halogens is 3. The first-order chi connectivity index (χ1) is 11.4. The Labute approximate surface area is 145 Å². The van der Waals surface area contributed by atoms with E-state index >= 15 is 0 Å². The number of likely N-dealkylation sites (tertiary alicyclic amines) is 1. The number of rotatable bonds is 2. The van der Waals surface area contributed by atoms with E-state index < -0.39 is 17.5 Å². The highest BCUT2D eigenvalue weighted by Crippen LogP contribution is 2.31. The minimum atomic E-state index is -4.51. The van der Waals surface area contributed by atoms with Crippen LogP contribution in [0.1, 0.15) is 45.0 Å². The van der Waals surface area contributed by atoms with Crippen molar-refractivity contribution in [2.24, 2.45) is 0 Å². The third-order valence-electron chi connectivity index (χ3n) is 3.61. The van der Waals surface area contributed by atoms with E-state index in [1.165, 1.54) is 13.0 Å². The van der Waals surface area contributed by atoms with E-state index in [-0.39, 0.29) is 23.6 Å². The number of carbonyl (C=O) groups excluding carboxylic acids is 1.